The first-order chi connectivity index (χ1) is 18.6. The second-order valence-corrected chi connectivity index (χ2v) is 13.1. The van der Waals surface area contributed by atoms with Gasteiger partial charge in [0.25, 0.3) is 0 Å². The summed E-state index contributed by atoms with van der Waals surface area (Å²) in [6.45, 7) is 0.341. The van der Waals surface area contributed by atoms with Crippen molar-refractivity contribution in [3.8, 4) is 0 Å². The zero-order valence-corrected chi connectivity index (χ0v) is 23.2. The molecular weight excluding hydrogens is 569 g/mol. The molecule has 0 aliphatic carbocycles. The third-order valence-electron chi connectivity index (χ3n) is 6.10. The lowest BCUT2D eigenvalue weighted by Gasteiger charge is -2.26. The summed E-state index contributed by atoms with van der Waals surface area (Å²) in [6, 6.07) is 17.3. The van der Waals surface area contributed by atoms with Gasteiger partial charge in [-0.1, -0.05) is 41.9 Å². The summed E-state index contributed by atoms with van der Waals surface area (Å²) in [7, 11) is -7.83. The van der Waals surface area contributed by atoms with Crippen molar-refractivity contribution in [2.75, 3.05) is 32.8 Å². The largest absolute Gasteiger partial charge is 0.379 e. The molecule has 1 fully saturated rings. The SMILES string of the molecule is O=C(CN(Cc1ccccc1F)S(=O)(=O)c1ccc(Cl)cc1)NCc1ccc(S(=O)(=O)N2CCOCC2)cc1. The van der Waals surface area contributed by atoms with Gasteiger partial charge in [-0.15, -0.1) is 0 Å². The Hall–Kier alpha value is -2.87. The zero-order chi connectivity index (χ0) is 28.0. The normalized spacial score (nSPS) is 14.8. The maximum Gasteiger partial charge on any atom is 0.243 e. The molecule has 0 aromatic heterocycles. The quantitative estimate of drug-likeness (QED) is 0.386. The predicted molar refractivity (Wildman–Crippen MR) is 143 cm³/mol. The Bertz CT molecular complexity index is 1510. The van der Waals surface area contributed by atoms with E-state index in [0.717, 1.165) is 4.31 Å². The average molecular weight is 596 g/mol. The van der Waals surface area contributed by atoms with Gasteiger partial charge in [0.2, 0.25) is 26.0 Å². The molecule has 0 atom stereocenters. The Kier molecular flexibility index (Phi) is 9.36. The minimum Gasteiger partial charge on any atom is -0.379 e. The number of halogens is 2. The molecule has 13 heteroatoms. The highest BCUT2D eigenvalue weighted by molar-refractivity contribution is 7.89. The van der Waals surface area contributed by atoms with Gasteiger partial charge in [-0.2, -0.15) is 8.61 Å². The number of benzene rings is 3. The summed E-state index contributed by atoms with van der Waals surface area (Å²) in [5.41, 5.74) is 0.727. The Morgan fingerprint density at radius 3 is 2.18 bits per heavy atom. The van der Waals surface area contributed by atoms with Crippen molar-refractivity contribution in [2.45, 2.75) is 22.9 Å². The van der Waals surface area contributed by atoms with E-state index >= 15 is 0 Å². The molecule has 3 aromatic carbocycles. The van der Waals surface area contributed by atoms with Crippen molar-refractivity contribution in [2.24, 2.45) is 0 Å². The van der Waals surface area contributed by atoms with E-state index in [1.54, 1.807) is 18.2 Å². The molecule has 39 heavy (non-hydrogen) atoms. The summed E-state index contributed by atoms with van der Waals surface area (Å²) < 4.78 is 74.1. The van der Waals surface area contributed by atoms with Crippen molar-refractivity contribution in [3.05, 3.63) is 94.8 Å². The highest BCUT2D eigenvalue weighted by Gasteiger charge is 2.28. The van der Waals surface area contributed by atoms with E-state index in [1.165, 1.54) is 58.9 Å². The summed E-state index contributed by atoms with van der Waals surface area (Å²) in [5, 5.41) is 2.99. The number of ether oxygens (including phenoxy) is 1. The van der Waals surface area contributed by atoms with Crippen LogP contribution in [0.25, 0.3) is 0 Å². The molecule has 1 N–H and O–H groups in total. The molecule has 1 saturated heterocycles. The van der Waals surface area contributed by atoms with E-state index in [0.29, 0.717) is 23.8 Å². The molecule has 1 heterocycles. The smallest absolute Gasteiger partial charge is 0.243 e. The molecule has 3 aromatic rings. The van der Waals surface area contributed by atoms with Crippen LogP contribution in [0, 0.1) is 5.82 Å². The fourth-order valence-electron chi connectivity index (χ4n) is 3.93. The van der Waals surface area contributed by atoms with E-state index in [1.807, 2.05) is 0 Å². The third kappa shape index (κ3) is 7.21. The van der Waals surface area contributed by atoms with Crippen LogP contribution in [0.2, 0.25) is 5.02 Å². The topological polar surface area (TPSA) is 113 Å². The minimum absolute atomic E-state index is 0.0330. The lowest BCUT2D eigenvalue weighted by molar-refractivity contribution is -0.121. The van der Waals surface area contributed by atoms with Crippen molar-refractivity contribution >= 4 is 37.6 Å². The average Bonchev–Trinajstić information content (AvgIpc) is 2.93. The van der Waals surface area contributed by atoms with Crippen LogP contribution < -0.4 is 5.32 Å². The molecule has 0 radical (unpaired) electrons. The number of morpholine rings is 1. The number of hydrogen-bond donors (Lipinski definition) is 1. The second-order valence-electron chi connectivity index (χ2n) is 8.76. The molecule has 1 amide bonds. The van der Waals surface area contributed by atoms with Gasteiger partial charge in [-0.25, -0.2) is 21.2 Å². The van der Waals surface area contributed by atoms with Crippen molar-refractivity contribution in [3.63, 3.8) is 0 Å². The molecule has 0 bridgehead atoms. The molecule has 208 valence electrons. The van der Waals surface area contributed by atoms with Gasteiger partial charge in [-0.05, 0) is 48.0 Å². The number of nitrogens with zero attached hydrogens (tertiary/aromatic N) is 2. The third-order valence-corrected chi connectivity index (χ3v) is 10.1. The second kappa shape index (κ2) is 12.5. The van der Waals surface area contributed by atoms with Crippen molar-refractivity contribution < 1.29 is 30.8 Å². The van der Waals surface area contributed by atoms with E-state index in [-0.39, 0.29) is 41.5 Å². The number of rotatable bonds is 10. The van der Waals surface area contributed by atoms with E-state index < -0.39 is 38.3 Å². The molecule has 1 aliphatic heterocycles. The number of hydrogen-bond acceptors (Lipinski definition) is 6. The summed E-state index contributed by atoms with van der Waals surface area (Å²) in [4.78, 5) is 12.9. The Morgan fingerprint density at radius 1 is 0.923 bits per heavy atom. The molecule has 0 spiro atoms. The maximum atomic E-state index is 14.3. The van der Waals surface area contributed by atoms with Crippen LogP contribution in [-0.4, -0.2) is 64.2 Å². The fraction of sp³-hybridized carbons (Fsp3) is 0.269. The summed E-state index contributed by atoms with van der Waals surface area (Å²) in [5.74, 6) is -1.21. The van der Waals surface area contributed by atoms with Crippen molar-refractivity contribution in [1.29, 1.82) is 0 Å². The number of nitrogens with one attached hydrogen (secondary N) is 1. The van der Waals surface area contributed by atoms with Crippen LogP contribution in [0.5, 0.6) is 0 Å². The Labute approximate surface area is 232 Å². The van der Waals surface area contributed by atoms with Crippen molar-refractivity contribution in [1.82, 2.24) is 13.9 Å². The predicted octanol–water partition coefficient (Wildman–Crippen LogP) is 3.01. The lowest BCUT2D eigenvalue weighted by Crippen LogP contribution is -2.40. The Morgan fingerprint density at radius 2 is 1.54 bits per heavy atom. The molecule has 1 aliphatic rings. The van der Waals surface area contributed by atoms with E-state index in [4.69, 9.17) is 16.3 Å². The van der Waals surface area contributed by atoms with Crippen LogP contribution in [-0.2, 0) is 42.7 Å². The molecule has 9 nitrogen and oxygen atoms in total. The van der Waals surface area contributed by atoms with Crippen LogP contribution >= 0.6 is 11.6 Å². The molecular formula is C26H27ClFN3O6S2. The number of amides is 1. The van der Waals surface area contributed by atoms with E-state index in [9.17, 15) is 26.0 Å². The first-order valence-corrected chi connectivity index (χ1v) is 15.3. The van der Waals surface area contributed by atoms with Crippen LogP contribution in [0.3, 0.4) is 0 Å². The maximum absolute atomic E-state index is 14.3. The van der Waals surface area contributed by atoms with Gasteiger partial charge in [0, 0.05) is 36.8 Å². The zero-order valence-electron chi connectivity index (χ0n) is 20.8. The van der Waals surface area contributed by atoms with Gasteiger partial charge in [-0.3, -0.25) is 4.79 Å². The van der Waals surface area contributed by atoms with Crippen LogP contribution in [0.4, 0.5) is 4.39 Å². The number of carbonyl (C=O) groups excluding carboxylic acids is 1. The summed E-state index contributed by atoms with van der Waals surface area (Å²) in [6.07, 6.45) is 0. The highest BCUT2D eigenvalue weighted by Crippen LogP contribution is 2.22. The van der Waals surface area contributed by atoms with Gasteiger partial charge in [0.1, 0.15) is 5.82 Å². The molecule has 0 unspecified atom stereocenters. The van der Waals surface area contributed by atoms with Gasteiger partial charge in [0.15, 0.2) is 0 Å². The van der Waals surface area contributed by atoms with Gasteiger partial charge in [0.05, 0.1) is 29.5 Å². The van der Waals surface area contributed by atoms with E-state index in [2.05, 4.69) is 5.32 Å². The monoisotopic (exact) mass is 595 g/mol. The number of carbonyl (C=O) groups is 1. The van der Waals surface area contributed by atoms with Crippen LogP contribution in [0.1, 0.15) is 11.1 Å². The standard InChI is InChI=1S/C26H27ClFN3O6S2/c27-22-7-11-24(12-8-22)39(35,36)31(18-21-3-1-2-4-25(21)28)19-26(32)29-17-20-5-9-23(10-6-20)38(33,34)30-13-15-37-16-14-30/h1-12H,13-19H2,(H,29,32). The van der Waals surface area contributed by atoms with Gasteiger partial charge >= 0.3 is 0 Å². The molecule has 4 rings (SSSR count). The molecule has 0 saturated carbocycles. The lowest BCUT2D eigenvalue weighted by atomic mass is 10.2. The Balaban J connectivity index is 1.45. The highest BCUT2D eigenvalue weighted by atomic mass is 35.5. The first kappa shape index (κ1) is 29.1. The van der Waals surface area contributed by atoms with Gasteiger partial charge < -0.3 is 10.1 Å². The minimum atomic E-state index is -4.18. The fourth-order valence-corrected chi connectivity index (χ4v) is 6.84. The summed E-state index contributed by atoms with van der Waals surface area (Å²) >= 11 is 5.89. The number of sulfonamides is 2. The van der Waals surface area contributed by atoms with Crippen LogP contribution in [0.15, 0.2) is 82.6 Å². The first-order valence-electron chi connectivity index (χ1n) is 12.0.